The van der Waals surface area contributed by atoms with E-state index >= 15 is 0 Å². The average molecular weight is 550 g/mol. The first kappa shape index (κ1) is 29.9. The summed E-state index contributed by atoms with van der Waals surface area (Å²) >= 11 is 0. The highest BCUT2D eigenvalue weighted by molar-refractivity contribution is 5.94. The molecule has 10 heteroatoms. The first-order valence-electron chi connectivity index (χ1n) is 13.0. The van der Waals surface area contributed by atoms with Crippen LogP contribution in [0.3, 0.4) is 0 Å². The van der Waals surface area contributed by atoms with E-state index in [-0.39, 0.29) is 36.6 Å². The number of benzene rings is 2. The Morgan fingerprint density at radius 1 is 1.07 bits per heavy atom. The Bertz CT molecular complexity index is 1300. The number of methoxy groups -OCH3 is 2. The van der Waals surface area contributed by atoms with Crippen molar-refractivity contribution >= 4 is 23.6 Å². The Kier molecular flexibility index (Phi) is 10.9. The van der Waals surface area contributed by atoms with Gasteiger partial charge in [-0.2, -0.15) is 0 Å². The molecule has 0 radical (unpaired) electrons. The Balaban J connectivity index is 1.75. The number of nitro benzene ring substituents is 1. The van der Waals surface area contributed by atoms with Gasteiger partial charge in [0.2, 0.25) is 11.8 Å². The third kappa shape index (κ3) is 8.20. The van der Waals surface area contributed by atoms with E-state index in [9.17, 15) is 19.7 Å². The van der Waals surface area contributed by atoms with E-state index in [1.807, 2.05) is 32.0 Å². The van der Waals surface area contributed by atoms with Crippen LogP contribution in [0.1, 0.15) is 37.2 Å². The second-order valence-electron chi connectivity index (χ2n) is 9.24. The topological polar surface area (TPSA) is 115 Å². The number of furan rings is 1. The lowest BCUT2D eigenvalue weighted by molar-refractivity contribution is -0.384. The van der Waals surface area contributed by atoms with Crippen molar-refractivity contribution in [2.24, 2.45) is 0 Å². The molecule has 0 aliphatic carbocycles. The highest BCUT2D eigenvalue weighted by atomic mass is 16.6. The second kappa shape index (κ2) is 14.5. The van der Waals surface area contributed by atoms with Crippen molar-refractivity contribution in [2.45, 2.75) is 39.3 Å². The molecule has 2 amide bonds. The molecule has 10 nitrogen and oxygen atoms in total. The van der Waals surface area contributed by atoms with Crippen LogP contribution in [0.2, 0.25) is 0 Å². The molecule has 40 heavy (non-hydrogen) atoms. The van der Waals surface area contributed by atoms with Gasteiger partial charge in [-0.05, 0) is 73.4 Å². The summed E-state index contributed by atoms with van der Waals surface area (Å²) in [7, 11) is 3.15. The molecular formula is C30H35N3O7. The number of non-ortho nitro benzene ring substituents is 1. The second-order valence-corrected chi connectivity index (χ2v) is 9.24. The van der Waals surface area contributed by atoms with Crippen LogP contribution in [0.25, 0.3) is 6.08 Å². The zero-order valence-electron chi connectivity index (χ0n) is 23.2. The van der Waals surface area contributed by atoms with Gasteiger partial charge >= 0.3 is 0 Å². The van der Waals surface area contributed by atoms with Crippen LogP contribution in [0.5, 0.6) is 11.5 Å². The number of nitro groups is 1. The number of hydrogen-bond donors (Lipinski definition) is 0. The lowest BCUT2D eigenvalue weighted by atomic mass is 10.1. The van der Waals surface area contributed by atoms with Gasteiger partial charge in [0.05, 0.1) is 32.0 Å². The number of nitrogens with zero attached hydrogens (tertiary/aromatic N) is 3. The summed E-state index contributed by atoms with van der Waals surface area (Å²) in [6, 6.07) is 14.9. The van der Waals surface area contributed by atoms with Crippen molar-refractivity contribution in [1.29, 1.82) is 0 Å². The Hall–Kier alpha value is -4.60. The van der Waals surface area contributed by atoms with Gasteiger partial charge in [-0.15, -0.1) is 0 Å². The van der Waals surface area contributed by atoms with Crippen LogP contribution < -0.4 is 9.47 Å². The van der Waals surface area contributed by atoms with Crippen LogP contribution >= 0.6 is 0 Å². The van der Waals surface area contributed by atoms with Crippen molar-refractivity contribution in [2.75, 3.05) is 27.3 Å². The van der Waals surface area contributed by atoms with Gasteiger partial charge in [-0.1, -0.05) is 13.0 Å². The third-order valence-electron chi connectivity index (χ3n) is 6.63. The third-order valence-corrected chi connectivity index (χ3v) is 6.63. The van der Waals surface area contributed by atoms with E-state index in [1.54, 1.807) is 55.7 Å². The van der Waals surface area contributed by atoms with Crippen molar-refractivity contribution in [3.63, 3.8) is 0 Å². The molecule has 1 unspecified atom stereocenters. The van der Waals surface area contributed by atoms with Crippen molar-refractivity contribution in [3.05, 3.63) is 93.9 Å². The molecule has 0 N–H and O–H groups in total. The summed E-state index contributed by atoms with van der Waals surface area (Å²) in [5.74, 6) is 1.34. The molecule has 1 atom stereocenters. The van der Waals surface area contributed by atoms with E-state index in [0.29, 0.717) is 42.2 Å². The zero-order valence-corrected chi connectivity index (χ0v) is 23.2. The number of hydrogen-bond acceptors (Lipinski definition) is 7. The van der Waals surface area contributed by atoms with E-state index in [0.717, 1.165) is 5.56 Å². The van der Waals surface area contributed by atoms with Crippen LogP contribution in [0.15, 0.2) is 71.4 Å². The molecule has 0 fully saturated rings. The minimum Gasteiger partial charge on any atom is -0.493 e. The lowest BCUT2D eigenvalue weighted by Crippen LogP contribution is -2.46. The summed E-state index contributed by atoms with van der Waals surface area (Å²) in [5.41, 5.74) is 1.58. The molecule has 1 heterocycles. The molecule has 0 saturated carbocycles. The van der Waals surface area contributed by atoms with Gasteiger partial charge < -0.3 is 23.7 Å². The van der Waals surface area contributed by atoms with E-state index in [4.69, 9.17) is 13.9 Å². The smallest absolute Gasteiger partial charge is 0.269 e. The van der Waals surface area contributed by atoms with Gasteiger partial charge in [0.25, 0.3) is 5.69 Å². The zero-order chi connectivity index (χ0) is 29.1. The molecule has 3 rings (SSSR count). The molecule has 1 aromatic heterocycles. The van der Waals surface area contributed by atoms with Crippen molar-refractivity contribution in [1.82, 2.24) is 9.80 Å². The maximum atomic E-state index is 13.6. The van der Waals surface area contributed by atoms with Crippen molar-refractivity contribution in [3.8, 4) is 11.5 Å². The monoisotopic (exact) mass is 549 g/mol. The average Bonchev–Trinajstić information content (AvgIpc) is 3.49. The van der Waals surface area contributed by atoms with Crippen LogP contribution in [0, 0.1) is 10.1 Å². The number of rotatable bonds is 14. The van der Waals surface area contributed by atoms with Gasteiger partial charge in [0.15, 0.2) is 11.5 Å². The largest absolute Gasteiger partial charge is 0.493 e. The maximum Gasteiger partial charge on any atom is 0.269 e. The summed E-state index contributed by atoms with van der Waals surface area (Å²) < 4.78 is 16.2. The lowest BCUT2D eigenvalue weighted by Gasteiger charge is -2.30. The molecule has 2 aromatic carbocycles. The molecular weight excluding hydrogens is 514 g/mol. The molecule has 0 aliphatic rings. The Morgan fingerprint density at radius 2 is 1.80 bits per heavy atom. The van der Waals surface area contributed by atoms with Gasteiger partial charge in [-0.25, -0.2) is 0 Å². The quantitative estimate of drug-likeness (QED) is 0.156. The van der Waals surface area contributed by atoms with Crippen molar-refractivity contribution < 1.29 is 28.4 Å². The Labute approximate surface area is 233 Å². The standard InChI is InChI=1S/C30H35N3O7/c1-5-22(2)32(29(34)15-11-23-8-12-25(13-9-23)33(36)37)21-30(35)31(20-26-7-6-18-40-26)17-16-24-10-14-27(38-3)28(19-24)39-4/h6-15,18-19,22H,5,16-17,20-21H2,1-4H3. The fourth-order valence-corrected chi connectivity index (χ4v) is 4.07. The minimum atomic E-state index is -0.478. The highest BCUT2D eigenvalue weighted by Crippen LogP contribution is 2.28. The van der Waals surface area contributed by atoms with Crippen LogP contribution in [-0.4, -0.2) is 59.9 Å². The molecule has 0 aliphatic heterocycles. The minimum absolute atomic E-state index is 0.0277. The highest BCUT2D eigenvalue weighted by Gasteiger charge is 2.24. The van der Waals surface area contributed by atoms with Gasteiger partial charge in [0.1, 0.15) is 12.3 Å². The molecule has 0 bridgehead atoms. The van der Waals surface area contributed by atoms with Crippen LogP contribution in [0.4, 0.5) is 5.69 Å². The fourth-order valence-electron chi connectivity index (χ4n) is 4.07. The maximum absolute atomic E-state index is 13.6. The molecule has 0 saturated heterocycles. The number of amides is 2. The first-order valence-corrected chi connectivity index (χ1v) is 13.0. The summed E-state index contributed by atoms with van der Waals surface area (Å²) in [6.07, 6.45) is 5.76. The SMILES string of the molecule is CCC(C)N(CC(=O)N(CCc1ccc(OC)c(OC)c1)Cc1ccco1)C(=O)C=Cc1ccc([N+](=O)[O-])cc1. The van der Waals surface area contributed by atoms with E-state index < -0.39 is 4.92 Å². The van der Waals surface area contributed by atoms with Gasteiger partial charge in [-0.3, -0.25) is 19.7 Å². The summed E-state index contributed by atoms with van der Waals surface area (Å²) in [6.45, 7) is 4.40. The summed E-state index contributed by atoms with van der Waals surface area (Å²) in [4.78, 5) is 40.4. The molecule has 3 aromatic rings. The van der Waals surface area contributed by atoms with E-state index in [2.05, 4.69) is 0 Å². The van der Waals surface area contributed by atoms with E-state index in [1.165, 1.54) is 23.1 Å². The first-order chi connectivity index (χ1) is 19.2. The predicted molar refractivity (Wildman–Crippen MR) is 151 cm³/mol. The molecule has 212 valence electrons. The fraction of sp³-hybridized carbons (Fsp3) is 0.333. The number of ether oxygens (including phenoxy) is 2. The predicted octanol–water partition coefficient (Wildman–Crippen LogP) is 5.12. The number of carbonyl (C=O) groups is 2. The van der Waals surface area contributed by atoms with Gasteiger partial charge in [0, 0.05) is 30.8 Å². The number of carbonyl (C=O) groups excluding carboxylic acids is 2. The van der Waals surface area contributed by atoms with Crippen LogP contribution in [-0.2, 0) is 22.6 Å². The molecule has 0 spiro atoms. The normalized spacial score (nSPS) is 11.7. The summed E-state index contributed by atoms with van der Waals surface area (Å²) in [5, 5.41) is 10.9. The Morgan fingerprint density at radius 3 is 2.40 bits per heavy atom.